The number of nitrogens with zero attached hydrogens (tertiary/aromatic N) is 2. The number of carbonyl (C=O) groups is 2. The van der Waals surface area contributed by atoms with Crippen molar-refractivity contribution in [3.63, 3.8) is 0 Å². The number of thiol groups is 1. The molecule has 0 saturated carbocycles. The largest absolute Gasteiger partial charge is 0.367 e. The smallest absolute Gasteiger partial charge is 0.243 e. The lowest BCUT2D eigenvalue weighted by Gasteiger charge is -2.32. The van der Waals surface area contributed by atoms with Gasteiger partial charge in [-0.1, -0.05) is 6.07 Å². The van der Waals surface area contributed by atoms with E-state index in [2.05, 4.69) is 23.3 Å². The summed E-state index contributed by atoms with van der Waals surface area (Å²) < 4.78 is 15.2. The number of hydrogen-bond donors (Lipinski definition) is 3. The van der Waals surface area contributed by atoms with Crippen molar-refractivity contribution in [2.75, 3.05) is 31.1 Å². The summed E-state index contributed by atoms with van der Waals surface area (Å²) in [6.45, 7) is 3.57. The lowest BCUT2D eigenvalue weighted by atomic mass is 10.0. The Morgan fingerprint density at radius 2 is 1.96 bits per heavy atom. The molecule has 3 heterocycles. The van der Waals surface area contributed by atoms with Crippen molar-refractivity contribution in [2.45, 2.75) is 30.8 Å². The summed E-state index contributed by atoms with van der Waals surface area (Å²) in [6.07, 6.45) is 0.750. The van der Waals surface area contributed by atoms with Crippen molar-refractivity contribution in [3.05, 3.63) is 29.1 Å². The molecule has 0 spiro atoms. The number of rotatable bonds is 2. The highest BCUT2D eigenvalue weighted by Gasteiger charge is 2.40. The third-order valence-corrected chi connectivity index (χ3v) is 5.83. The minimum Gasteiger partial charge on any atom is -0.367 e. The Kier molecular flexibility index (Phi) is 4.43. The quantitative estimate of drug-likeness (QED) is 0.535. The second kappa shape index (κ2) is 6.59. The van der Waals surface area contributed by atoms with E-state index in [9.17, 15) is 9.59 Å². The fourth-order valence-corrected chi connectivity index (χ4v) is 4.39. The maximum absolute atomic E-state index is 15.2. The zero-order valence-electron chi connectivity index (χ0n) is 13.8. The van der Waals surface area contributed by atoms with Gasteiger partial charge >= 0.3 is 0 Å². The number of nitrogens with one attached hydrogen (secondary N) is 2. The van der Waals surface area contributed by atoms with E-state index >= 15 is 4.39 Å². The van der Waals surface area contributed by atoms with Crippen LogP contribution in [0, 0.1) is 5.82 Å². The molecule has 2 saturated heterocycles. The molecule has 0 aromatic heterocycles. The van der Waals surface area contributed by atoms with Gasteiger partial charge in [0, 0.05) is 44.7 Å². The predicted molar refractivity (Wildman–Crippen MR) is 94.9 cm³/mol. The molecule has 2 unspecified atom stereocenters. The highest BCUT2D eigenvalue weighted by atomic mass is 32.1. The third kappa shape index (κ3) is 2.92. The molecule has 2 N–H and O–H groups in total. The average Bonchev–Trinajstić information content (AvgIpc) is 2.94. The molecule has 2 fully saturated rings. The van der Waals surface area contributed by atoms with Gasteiger partial charge in [0.15, 0.2) is 5.82 Å². The SMILES string of the molecule is O=C1CCC(N2Cc3c(ccc(N4CCNCC4)c3F)C2S)C(=O)N1. The molecule has 1 aromatic carbocycles. The summed E-state index contributed by atoms with van der Waals surface area (Å²) in [4.78, 5) is 27.5. The number of anilines is 1. The average molecular weight is 364 g/mol. The molecule has 0 bridgehead atoms. The van der Waals surface area contributed by atoms with Gasteiger partial charge in [0.1, 0.15) is 0 Å². The first-order valence-electron chi connectivity index (χ1n) is 8.60. The van der Waals surface area contributed by atoms with E-state index in [1.807, 2.05) is 21.9 Å². The van der Waals surface area contributed by atoms with Crippen LogP contribution in [0.15, 0.2) is 12.1 Å². The summed E-state index contributed by atoms with van der Waals surface area (Å²) in [7, 11) is 0. The summed E-state index contributed by atoms with van der Waals surface area (Å²) in [6, 6.07) is 3.28. The molecule has 1 aromatic rings. The number of amides is 2. The van der Waals surface area contributed by atoms with Crippen molar-refractivity contribution in [1.29, 1.82) is 0 Å². The van der Waals surface area contributed by atoms with E-state index in [1.54, 1.807) is 0 Å². The van der Waals surface area contributed by atoms with Crippen LogP contribution in [-0.2, 0) is 16.1 Å². The number of hydrogen-bond acceptors (Lipinski definition) is 6. The van der Waals surface area contributed by atoms with Crippen LogP contribution in [0.5, 0.6) is 0 Å². The van der Waals surface area contributed by atoms with Crippen LogP contribution >= 0.6 is 12.6 Å². The van der Waals surface area contributed by atoms with E-state index < -0.39 is 6.04 Å². The first-order valence-corrected chi connectivity index (χ1v) is 9.12. The van der Waals surface area contributed by atoms with Gasteiger partial charge < -0.3 is 10.2 Å². The molecule has 8 heteroatoms. The fourth-order valence-electron chi connectivity index (χ4n) is 3.90. The van der Waals surface area contributed by atoms with Crippen molar-refractivity contribution in [1.82, 2.24) is 15.5 Å². The second-order valence-electron chi connectivity index (χ2n) is 6.72. The van der Waals surface area contributed by atoms with E-state index in [0.717, 1.165) is 31.7 Å². The Morgan fingerprint density at radius 1 is 1.20 bits per heavy atom. The first kappa shape index (κ1) is 16.8. The summed E-state index contributed by atoms with van der Waals surface area (Å²) >= 11 is 4.62. The molecule has 0 radical (unpaired) electrons. The highest BCUT2D eigenvalue weighted by molar-refractivity contribution is 7.80. The van der Waals surface area contributed by atoms with Gasteiger partial charge in [0.05, 0.1) is 17.1 Å². The summed E-state index contributed by atoms with van der Waals surface area (Å²) in [5, 5.41) is 5.29. The molecule has 25 heavy (non-hydrogen) atoms. The zero-order valence-corrected chi connectivity index (χ0v) is 14.7. The molecule has 3 aliphatic heterocycles. The van der Waals surface area contributed by atoms with Crippen molar-refractivity contribution >= 4 is 30.1 Å². The van der Waals surface area contributed by atoms with Crippen LogP contribution in [0.3, 0.4) is 0 Å². The topological polar surface area (TPSA) is 64.7 Å². The lowest BCUT2D eigenvalue weighted by molar-refractivity contribution is -0.137. The molecule has 3 aliphatic rings. The van der Waals surface area contributed by atoms with E-state index in [4.69, 9.17) is 0 Å². The van der Waals surface area contributed by atoms with E-state index in [-0.39, 0.29) is 23.0 Å². The van der Waals surface area contributed by atoms with Gasteiger partial charge in [0.25, 0.3) is 0 Å². The maximum Gasteiger partial charge on any atom is 0.243 e. The van der Waals surface area contributed by atoms with E-state index in [0.29, 0.717) is 30.6 Å². The first-order chi connectivity index (χ1) is 12.1. The standard InChI is InChI=1S/C17H21FN4O2S/c18-15-11-9-22(13-3-4-14(23)20-16(13)24)17(25)10(11)1-2-12(15)21-7-5-19-6-8-21/h1-2,13,17,19,25H,3-9H2,(H,20,23,24). The molecule has 2 amide bonds. The molecule has 6 nitrogen and oxygen atoms in total. The number of halogens is 1. The van der Waals surface area contributed by atoms with Crippen molar-refractivity contribution in [2.24, 2.45) is 0 Å². The molecule has 0 aliphatic carbocycles. The molecule has 4 rings (SSSR count). The minimum absolute atomic E-state index is 0.215. The van der Waals surface area contributed by atoms with Crippen LogP contribution in [0.25, 0.3) is 0 Å². The van der Waals surface area contributed by atoms with Crippen LogP contribution in [0.2, 0.25) is 0 Å². The predicted octanol–water partition coefficient (Wildman–Crippen LogP) is 0.784. The Balaban J connectivity index is 1.60. The number of imide groups is 1. The summed E-state index contributed by atoms with van der Waals surface area (Å²) in [5.74, 6) is -0.778. The molecular formula is C17H21FN4O2S. The highest BCUT2D eigenvalue weighted by Crippen LogP contribution is 2.42. The Bertz CT molecular complexity index is 723. The van der Waals surface area contributed by atoms with Gasteiger partial charge in [-0.3, -0.25) is 19.8 Å². The van der Waals surface area contributed by atoms with Gasteiger partial charge in [-0.05, 0) is 18.1 Å². The molecular weight excluding hydrogens is 343 g/mol. The number of piperazine rings is 1. The van der Waals surface area contributed by atoms with Crippen LogP contribution < -0.4 is 15.5 Å². The zero-order chi connectivity index (χ0) is 17.6. The number of fused-ring (bicyclic) bond motifs is 1. The molecule has 134 valence electrons. The Hall–Kier alpha value is -1.64. The fraction of sp³-hybridized carbons (Fsp3) is 0.529. The van der Waals surface area contributed by atoms with E-state index in [1.165, 1.54) is 0 Å². The van der Waals surface area contributed by atoms with Crippen LogP contribution in [0.4, 0.5) is 10.1 Å². The second-order valence-corrected chi connectivity index (χ2v) is 7.21. The number of piperidine rings is 1. The van der Waals surface area contributed by atoms with Crippen LogP contribution in [-0.4, -0.2) is 48.9 Å². The number of benzene rings is 1. The van der Waals surface area contributed by atoms with Crippen LogP contribution in [0.1, 0.15) is 29.3 Å². The Labute approximate surface area is 151 Å². The van der Waals surface area contributed by atoms with Gasteiger partial charge in [-0.25, -0.2) is 4.39 Å². The van der Waals surface area contributed by atoms with Gasteiger partial charge in [-0.2, -0.15) is 12.6 Å². The normalized spacial score (nSPS) is 27.4. The van der Waals surface area contributed by atoms with Crippen molar-refractivity contribution < 1.29 is 14.0 Å². The van der Waals surface area contributed by atoms with Gasteiger partial charge in [-0.15, -0.1) is 0 Å². The third-order valence-electron chi connectivity index (χ3n) is 5.26. The maximum atomic E-state index is 15.2. The Morgan fingerprint density at radius 3 is 2.68 bits per heavy atom. The monoisotopic (exact) mass is 364 g/mol. The summed E-state index contributed by atoms with van der Waals surface area (Å²) in [5.41, 5.74) is 2.04. The van der Waals surface area contributed by atoms with Crippen molar-refractivity contribution in [3.8, 4) is 0 Å². The lowest BCUT2D eigenvalue weighted by Crippen LogP contribution is -2.51. The minimum atomic E-state index is -0.449. The number of carbonyl (C=O) groups excluding carboxylic acids is 2. The van der Waals surface area contributed by atoms with Gasteiger partial charge in [0.2, 0.25) is 11.8 Å². The molecule has 2 atom stereocenters.